The van der Waals surface area contributed by atoms with Gasteiger partial charge in [-0.1, -0.05) is 0 Å². The van der Waals surface area contributed by atoms with Gasteiger partial charge in [0.05, 0.1) is 6.42 Å². The summed E-state index contributed by atoms with van der Waals surface area (Å²) in [4.78, 5) is 7.80. The Balaban J connectivity index is 0.000000980. The van der Waals surface area contributed by atoms with Gasteiger partial charge >= 0.3 is 0 Å². The first-order chi connectivity index (χ1) is 6.24. The van der Waals surface area contributed by atoms with Crippen LogP contribution in [0.3, 0.4) is 0 Å². The lowest BCUT2D eigenvalue weighted by Gasteiger charge is -1.87. The summed E-state index contributed by atoms with van der Waals surface area (Å²) in [5, 5.41) is 12.6. The fourth-order valence-electron chi connectivity index (χ4n) is 0.937. The Kier molecular flexibility index (Phi) is 2.87. The molecule has 0 aliphatic carbocycles. The first-order valence-corrected chi connectivity index (χ1v) is 3.57. The fraction of sp³-hybridized carbons (Fsp3) is 0.200. The maximum Gasteiger partial charge on any atom is 0.239 e. The summed E-state index contributed by atoms with van der Waals surface area (Å²) >= 11 is 0. The number of nitrogen functional groups attached to an aromatic ring is 2. The van der Waals surface area contributed by atoms with Gasteiger partial charge in [-0.2, -0.15) is 9.97 Å². The van der Waals surface area contributed by atoms with E-state index in [0.717, 1.165) is 0 Å². The minimum absolute atomic E-state index is 0. The Morgan fingerprint density at radius 1 is 0.929 bits per heavy atom. The number of nitrogens with zero attached hydrogens (tertiary/aromatic N) is 4. The molecule has 9 heteroatoms. The highest BCUT2D eigenvalue weighted by Gasteiger charge is 2.04. The van der Waals surface area contributed by atoms with Crippen LogP contribution in [0.15, 0.2) is 0 Å². The minimum atomic E-state index is 0. The lowest BCUT2D eigenvalue weighted by molar-refractivity contribution is 0.899. The molecule has 14 heavy (non-hydrogen) atoms. The van der Waals surface area contributed by atoms with Crippen LogP contribution in [0.25, 0.3) is 0 Å². The summed E-state index contributed by atoms with van der Waals surface area (Å²) in [5.41, 5.74) is 10.6. The number of rotatable bonds is 2. The van der Waals surface area contributed by atoms with Crippen LogP contribution >= 0.6 is 12.4 Å². The van der Waals surface area contributed by atoms with Crippen LogP contribution < -0.4 is 11.5 Å². The molecule has 2 rings (SSSR count). The first kappa shape index (κ1) is 10.3. The second-order valence-corrected chi connectivity index (χ2v) is 2.46. The predicted molar refractivity (Wildman–Crippen MR) is 51.6 cm³/mol. The SMILES string of the molecule is Cl.Nc1n[nH]c(Cc2nc(N)n[nH]2)n1. The second kappa shape index (κ2) is 3.92. The monoisotopic (exact) mass is 216 g/mol. The van der Waals surface area contributed by atoms with Gasteiger partial charge in [0.2, 0.25) is 11.9 Å². The molecule has 2 aromatic heterocycles. The zero-order valence-corrected chi connectivity index (χ0v) is 7.88. The van der Waals surface area contributed by atoms with Crippen LogP contribution in [0.1, 0.15) is 11.6 Å². The van der Waals surface area contributed by atoms with Gasteiger partial charge in [0.15, 0.2) is 0 Å². The normalized spacial score (nSPS) is 9.71. The van der Waals surface area contributed by atoms with Gasteiger partial charge in [-0.3, -0.25) is 10.2 Å². The molecule has 2 heterocycles. The van der Waals surface area contributed by atoms with Crippen molar-refractivity contribution in [1.82, 2.24) is 30.4 Å². The van der Waals surface area contributed by atoms with Gasteiger partial charge < -0.3 is 11.5 Å². The van der Waals surface area contributed by atoms with Crippen molar-refractivity contribution in [3.63, 3.8) is 0 Å². The molecule has 0 aliphatic heterocycles. The van der Waals surface area contributed by atoms with Crippen LogP contribution in [0, 0.1) is 0 Å². The zero-order valence-electron chi connectivity index (χ0n) is 7.06. The maximum atomic E-state index is 5.31. The predicted octanol–water partition coefficient (Wildman–Crippen LogP) is -0.900. The van der Waals surface area contributed by atoms with Crippen LogP contribution in [-0.2, 0) is 6.42 Å². The van der Waals surface area contributed by atoms with E-state index in [0.29, 0.717) is 18.1 Å². The molecule has 2 aromatic rings. The summed E-state index contributed by atoms with van der Waals surface area (Å²) in [7, 11) is 0. The molecular formula is C5H9ClN8. The third kappa shape index (κ3) is 2.10. The Morgan fingerprint density at radius 3 is 1.64 bits per heavy atom. The van der Waals surface area contributed by atoms with Crippen LogP contribution in [-0.4, -0.2) is 30.4 Å². The van der Waals surface area contributed by atoms with Crippen LogP contribution in [0.2, 0.25) is 0 Å². The minimum Gasteiger partial charge on any atom is -0.367 e. The molecule has 0 aromatic carbocycles. The van der Waals surface area contributed by atoms with Crippen molar-refractivity contribution in [2.45, 2.75) is 6.42 Å². The number of nitrogens with one attached hydrogen (secondary N) is 2. The number of anilines is 2. The second-order valence-electron chi connectivity index (χ2n) is 2.46. The summed E-state index contributed by atoms with van der Waals surface area (Å²) in [6.45, 7) is 0. The van der Waals surface area contributed by atoms with E-state index in [2.05, 4.69) is 30.4 Å². The van der Waals surface area contributed by atoms with E-state index in [9.17, 15) is 0 Å². The molecule has 0 amide bonds. The molecule has 6 N–H and O–H groups in total. The molecule has 0 spiro atoms. The number of hydrogen-bond donors (Lipinski definition) is 4. The van der Waals surface area contributed by atoms with Gasteiger partial charge in [0.1, 0.15) is 11.6 Å². The largest absolute Gasteiger partial charge is 0.367 e. The summed E-state index contributed by atoms with van der Waals surface area (Å²) in [6, 6.07) is 0. The highest BCUT2D eigenvalue weighted by atomic mass is 35.5. The van der Waals surface area contributed by atoms with Crippen molar-refractivity contribution in [3.05, 3.63) is 11.6 Å². The van der Waals surface area contributed by atoms with Gasteiger partial charge in [0.25, 0.3) is 0 Å². The van der Waals surface area contributed by atoms with E-state index >= 15 is 0 Å². The van der Waals surface area contributed by atoms with Crippen molar-refractivity contribution in [2.75, 3.05) is 11.5 Å². The molecule has 8 nitrogen and oxygen atoms in total. The van der Waals surface area contributed by atoms with Crippen molar-refractivity contribution < 1.29 is 0 Å². The van der Waals surface area contributed by atoms with Gasteiger partial charge in [-0.25, -0.2) is 0 Å². The Morgan fingerprint density at radius 2 is 1.36 bits per heavy atom. The number of aromatic amines is 2. The Hall–Kier alpha value is -1.83. The first-order valence-electron chi connectivity index (χ1n) is 3.57. The van der Waals surface area contributed by atoms with Gasteiger partial charge in [-0.05, 0) is 0 Å². The van der Waals surface area contributed by atoms with Gasteiger partial charge in [-0.15, -0.1) is 22.6 Å². The molecule has 0 radical (unpaired) electrons. The maximum absolute atomic E-state index is 5.31. The average Bonchev–Trinajstić information content (AvgIpc) is 2.62. The van der Waals surface area contributed by atoms with E-state index in [-0.39, 0.29) is 24.3 Å². The number of hydrogen-bond acceptors (Lipinski definition) is 6. The molecule has 0 unspecified atom stereocenters. The van der Waals surface area contributed by atoms with Crippen LogP contribution in [0.5, 0.6) is 0 Å². The number of nitrogens with two attached hydrogens (primary N) is 2. The van der Waals surface area contributed by atoms with E-state index in [1.165, 1.54) is 0 Å². The van der Waals surface area contributed by atoms with Crippen molar-refractivity contribution in [3.8, 4) is 0 Å². The molecule has 0 saturated carbocycles. The average molecular weight is 217 g/mol. The molecular weight excluding hydrogens is 208 g/mol. The zero-order chi connectivity index (χ0) is 9.26. The molecule has 0 atom stereocenters. The third-order valence-electron chi connectivity index (χ3n) is 1.43. The number of H-pyrrole nitrogens is 2. The van der Waals surface area contributed by atoms with Crippen molar-refractivity contribution in [2.24, 2.45) is 0 Å². The molecule has 76 valence electrons. The van der Waals surface area contributed by atoms with Crippen molar-refractivity contribution >= 4 is 24.3 Å². The van der Waals surface area contributed by atoms with Gasteiger partial charge in [0, 0.05) is 0 Å². The topological polar surface area (TPSA) is 135 Å². The summed E-state index contributed by atoms with van der Waals surface area (Å²) in [5.74, 6) is 1.66. The standard InChI is InChI=1S/C5H8N8.ClH/c6-4-8-2(10-12-4)1-3-9-5(7)13-11-3;/h1H2,(H3,6,8,10,12)(H3,7,9,11,13);1H. The number of aromatic nitrogens is 6. The van der Waals surface area contributed by atoms with Crippen LogP contribution in [0.4, 0.5) is 11.9 Å². The van der Waals surface area contributed by atoms with E-state index < -0.39 is 0 Å². The van der Waals surface area contributed by atoms with E-state index in [1.807, 2.05) is 0 Å². The molecule has 0 aliphatic rings. The Labute approximate surface area is 84.9 Å². The molecule has 0 saturated heterocycles. The highest BCUT2D eigenvalue weighted by molar-refractivity contribution is 5.85. The third-order valence-corrected chi connectivity index (χ3v) is 1.43. The molecule has 0 fully saturated rings. The fourth-order valence-corrected chi connectivity index (χ4v) is 0.937. The van der Waals surface area contributed by atoms with E-state index in [4.69, 9.17) is 11.5 Å². The van der Waals surface area contributed by atoms with E-state index in [1.54, 1.807) is 0 Å². The molecule has 0 bridgehead atoms. The quantitative estimate of drug-likeness (QED) is 0.514. The lowest BCUT2D eigenvalue weighted by Crippen LogP contribution is -1.94. The number of halogens is 1. The summed E-state index contributed by atoms with van der Waals surface area (Å²) in [6.07, 6.45) is 0.453. The highest BCUT2D eigenvalue weighted by Crippen LogP contribution is 2.01. The lowest BCUT2D eigenvalue weighted by atomic mass is 10.4. The smallest absolute Gasteiger partial charge is 0.239 e. The Bertz CT molecular complexity index is 367. The summed E-state index contributed by atoms with van der Waals surface area (Å²) < 4.78 is 0. The van der Waals surface area contributed by atoms with Crippen molar-refractivity contribution in [1.29, 1.82) is 0 Å².